The van der Waals surface area contributed by atoms with Gasteiger partial charge >= 0.3 is 12.2 Å². The van der Waals surface area contributed by atoms with E-state index in [1.807, 2.05) is 11.0 Å². The predicted molar refractivity (Wildman–Crippen MR) is 152 cm³/mol. The van der Waals surface area contributed by atoms with Crippen molar-refractivity contribution in [1.82, 2.24) is 19.7 Å². The first-order valence-corrected chi connectivity index (χ1v) is 14.3. The molecule has 0 aliphatic carbocycles. The number of nitrogens with zero attached hydrogens (tertiary/aromatic N) is 4. The lowest BCUT2D eigenvalue weighted by molar-refractivity contribution is -0.140. The standard InChI is InChI=1S/C30H30Cl2F4N4O2/c1-38(16-19-2-4-23(26(33)14-19)30(34,35)36)27-18-40(17-22(27)20-3-5-24(31)25(32)15-20)28(41)39-12-8-29(42,9-13-39)21-6-10-37-11-7-21/h2-7,10-11,14-15,22,27,42H,8-9,12-13,16-18H2,1H3. The number of carbonyl (C=O) groups excluding carboxylic acids is 1. The molecule has 2 aromatic carbocycles. The lowest BCUT2D eigenvalue weighted by Gasteiger charge is -2.39. The number of urea groups is 1. The monoisotopic (exact) mass is 624 g/mol. The molecule has 0 saturated carbocycles. The molecule has 224 valence electrons. The fraction of sp³-hybridized carbons (Fsp3) is 0.400. The van der Waals surface area contributed by atoms with Crippen molar-refractivity contribution in [3.8, 4) is 0 Å². The van der Waals surface area contributed by atoms with Gasteiger partial charge in [0.1, 0.15) is 5.82 Å². The molecule has 2 fully saturated rings. The summed E-state index contributed by atoms with van der Waals surface area (Å²) in [5, 5.41) is 12.0. The number of benzene rings is 2. The highest BCUT2D eigenvalue weighted by atomic mass is 35.5. The number of aromatic nitrogens is 1. The smallest absolute Gasteiger partial charge is 0.385 e. The summed E-state index contributed by atoms with van der Waals surface area (Å²) in [6.45, 7) is 1.63. The van der Waals surface area contributed by atoms with Gasteiger partial charge in [-0.2, -0.15) is 13.2 Å². The summed E-state index contributed by atoms with van der Waals surface area (Å²) in [6.07, 6.45) is -0.741. The molecule has 3 aromatic rings. The van der Waals surface area contributed by atoms with Crippen molar-refractivity contribution in [1.29, 1.82) is 0 Å². The maximum absolute atomic E-state index is 14.3. The fourth-order valence-corrected chi connectivity index (χ4v) is 6.28. The number of amides is 2. The number of hydrogen-bond donors (Lipinski definition) is 1. The van der Waals surface area contributed by atoms with E-state index in [9.17, 15) is 27.5 Å². The Bertz CT molecular complexity index is 1430. The molecule has 0 bridgehead atoms. The van der Waals surface area contributed by atoms with E-state index in [0.29, 0.717) is 54.6 Å². The van der Waals surface area contributed by atoms with Gasteiger partial charge in [0.25, 0.3) is 0 Å². The molecule has 5 rings (SSSR count). The average Bonchev–Trinajstić information content (AvgIpc) is 3.40. The van der Waals surface area contributed by atoms with Crippen LogP contribution in [0, 0.1) is 5.82 Å². The summed E-state index contributed by atoms with van der Waals surface area (Å²) >= 11 is 12.5. The molecular weight excluding hydrogens is 595 g/mol. The fourth-order valence-electron chi connectivity index (χ4n) is 5.97. The minimum Gasteiger partial charge on any atom is -0.385 e. The van der Waals surface area contributed by atoms with Crippen LogP contribution >= 0.6 is 23.2 Å². The Hall–Kier alpha value is -2.92. The Labute approximate surface area is 251 Å². The minimum atomic E-state index is -4.78. The van der Waals surface area contributed by atoms with Crippen molar-refractivity contribution >= 4 is 29.2 Å². The van der Waals surface area contributed by atoms with Crippen LogP contribution in [0.5, 0.6) is 0 Å². The first kappa shape index (κ1) is 30.5. The zero-order valence-electron chi connectivity index (χ0n) is 22.8. The third-order valence-corrected chi connectivity index (χ3v) is 9.09. The summed E-state index contributed by atoms with van der Waals surface area (Å²) in [4.78, 5) is 23.1. The summed E-state index contributed by atoms with van der Waals surface area (Å²) in [5.74, 6) is -1.51. The molecule has 3 heterocycles. The van der Waals surface area contributed by atoms with E-state index in [1.54, 1.807) is 53.5 Å². The van der Waals surface area contributed by atoms with Gasteiger partial charge < -0.3 is 14.9 Å². The van der Waals surface area contributed by atoms with Crippen LogP contribution in [0.2, 0.25) is 10.0 Å². The molecule has 2 saturated heterocycles. The minimum absolute atomic E-state index is 0.159. The molecule has 1 N–H and O–H groups in total. The van der Waals surface area contributed by atoms with Crippen LogP contribution in [0.25, 0.3) is 0 Å². The van der Waals surface area contributed by atoms with Crippen molar-refractivity contribution < 1.29 is 27.5 Å². The number of hydrogen-bond acceptors (Lipinski definition) is 4. The highest BCUT2D eigenvalue weighted by Crippen LogP contribution is 2.37. The van der Waals surface area contributed by atoms with Gasteiger partial charge in [-0.3, -0.25) is 9.88 Å². The molecule has 2 aliphatic rings. The number of halogens is 6. The van der Waals surface area contributed by atoms with E-state index in [-0.39, 0.29) is 24.5 Å². The lowest BCUT2D eigenvalue weighted by Crippen LogP contribution is -2.50. The van der Waals surface area contributed by atoms with Crippen LogP contribution in [0.1, 0.15) is 41.0 Å². The quantitative estimate of drug-likeness (QED) is 0.327. The van der Waals surface area contributed by atoms with Gasteiger partial charge in [-0.15, -0.1) is 0 Å². The number of carbonyl (C=O) groups is 1. The van der Waals surface area contributed by atoms with Crippen molar-refractivity contribution in [2.24, 2.45) is 0 Å². The molecule has 2 unspecified atom stereocenters. The van der Waals surface area contributed by atoms with Crippen LogP contribution in [0.3, 0.4) is 0 Å². The topological polar surface area (TPSA) is 59.9 Å². The van der Waals surface area contributed by atoms with Gasteiger partial charge in [0.15, 0.2) is 0 Å². The number of rotatable bonds is 5. The molecule has 2 aliphatic heterocycles. The van der Waals surface area contributed by atoms with Crippen LogP contribution in [0.15, 0.2) is 60.9 Å². The first-order valence-electron chi connectivity index (χ1n) is 13.5. The van der Waals surface area contributed by atoms with Crippen molar-refractivity contribution in [3.05, 3.63) is 99.0 Å². The molecule has 0 radical (unpaired) electrons. The highest BCUT2D eigenvalue weighted by molar-refractivity contribution is 6.42. The van der Waals surface area contributed by atoms with Crippen LogP contribution in [0.4, 0.5) is 22.4 Å². The van der Waals surface area contributed by atoms with Crippen LogP contribution in [-0.2, 0) is 18.3 Å². The molecule has 6 nitrogen and oxygen atoms in total. The van der Waals surface area contributed by atoms with Crippen LogP contribution < -0.4 is 0 Å². The summed E-state index contributed by atoms with van der Waals surface area (Å²) in [7, 11) is 1.80. The van der Waals surface area contributed by atoms with Gasteiger partial charge in [0.2, 0.25) is 0 Å². The second-order valence-corrected chi connectivity index (χ2v) is 11.8. The van der Waals surface area contributed by atoms with E-state index in [2.05, 4.69) is 4.98 Å². The maximum atomic E-state index is 14.3. The predicted octanol–water partition coefficient (Wildman–Crippen LogP) is 6.55. The van der Waals surface area contributed by atoms with E-state index in [4.69, 9.17) is 23.2 Å². The second kappa shape index (κ2) is 12.0. The molecule has 1 aromatic heterocycles. The van der Waals surface area contributed by atoms with Gasteiger partial charge in [0.05, 0.1) is 21.2 Å². The summed E-state index contributed by atoms with van der Waals surface area (Å²) in [5.41, 5.74) is -0.329. The van der Waals surface area contributed by atoms with E-state index < -0.39 is 23.2 Å². The zero-order valence-corrected chi connectivity index (χ0v) is 24.3. The molecular formula is C30H30Cl2F4N4O2. The maximum Gasteiger partial charge on any atom is 0.419 e. The molecule has 12 heteroatoms. The highest BCUT2D eigenvalue weighted by Gasteiger charge is 2.42. The third kappa shape index (κ3) is 6.37. The third-order valence-electron chi connectivity index (χ3n) is 8.35. The van der Waals surface area contributed by atoms with E-state index >= 15 is 0 Å². The SMILES string of the molecule is CN(Cc1ccc(C(F)(F)F)c(F)c1)C1CN(C(=O)N2CCC(O)(c3ccncc3)CC2)CC1c1ccc(Cl)c(Cl)c1. The van der Waals surface area contributed by atoms with Crippen molar-refractivity contribution in [2.45, 2.75) is 43.1 Å². The molecule has 0 spiro atoms. The Morgan fingerprint density at radius 2 is 1.71 bits per heavy atom. The zero-order chi connectivity index (χ0) is 30.2. The Kier molecular flexibility index (Phi) is 8.72. The Morgan fingerprint density at radius 1 is 1.02 bits per heavy atom. The normalized spacial score (nSPS) is 20.8. The summed E-state index contributed by atoms with van der Waals surface area (Å²) < 4.78 is 53.5. The average molecular weight is 625 g/mol. The number of likely N-dealkylation sites (N-methyl/N-ethyl adjacent to an activating group) is 1. The second-order valence-electron chi connectivity index (χ2n) is 11.0. The molecule has 2 amide bonds. The number of pyridine rings is 1. The van der Waals surface area contributed by atoms with Crippen molar-refractivity contribution in [3.63, 3.8) is 0 Å². The Morgan fingerprint density at radius 3 is 2.33 bits per heavy atom. The molecule has 2 atom stereocenters. The van der Waals surface area contributed by atoms with E-state index in [0.717, 1.165) is 23.3 Å². The van der Waals surface area contributed by atoms with Crippen molar-refractivity contribution in [2.75, 3.05) is 33.2 Å². The number of piperidine rings is 1. The lowest BCUT2D eigenvalue weighted by atomic mass is 9.85. The Balaban J connectivity index is 1.33. The number of alkyl halides is 3. The molecule has 42 heavy (non-hydrogen) atoms. The summed E-state index contributed by atoms with van der Waals surface area (Å²) in [6, 6.07) is 11.4. The van der Waals surface area contributed by atoms with Crippen LogP contribution in [-0.4, -0.2) is 70.1 Å². The van der Waals surface area contributed by atoms with Gasteiger partial charge in [0, 0.05) is 57.1 Å². The van der Waals surface area contributed by atoms with Gasteiger partial charge in [-0.1, -0.05) is 35.3 Å². The number of likely N-dealkylation sites (tertiary alicyclic amines) is 2. The van der Waals surface area contributed by atoms with Gasteiger partial charge in [-0.25, -0.2) is 9.18 Å². The van der Waals surface area contributed by atoms with E-state index in [1.165, 1.54) is 6.07 Å². The largest absolute Gasteiger partial charge is 0.419 e. The first-order chi connectivity index (χ1) is 19.9. The van der Waals surface area contributed by atoms with Gasteiger partial charge in [-0.05, 0) is 73.0 Å². The number of aliphatic hydroxyl groups is 1.